The molecule has 31 heavy (non-hydrogen) atoms. The number of hydrogen-bond acceptors (Lipinski definition) is 7. The molecule has 0 bridgehead atoms. The highest BCUT2D eigenvalue weighted by Gasteiger charge is 2.20. The van der Waals surface area contributed by atoms with E-state index in [1.807, 2.05) is 58.0 Å². The quantitative estimate of drug-likeness (QED) is 0.503. The number of nitrogens with one attached hydrogen (secondary N) is 1. The van der Waals surface area contributed by atoms with Gasteiger partial charge >= 0.3 is 0 Å². The van der Waals surface area contributed by atoms with Crippen LogP contribution in [0.3, 0.4) is 0 Å². The van der Waals surface area contributed by atoms with E-state index in [9.17, 15) is 9.90 Å². The normalized spacial score (nSPS) is 12.5. The van der Waals surface area contributed by atoms with E-state index in [-0.39, 0.29) is 23.3 Å². The van der Waals surface area contributed by atoms with Gasteiger partial charge in [0, 0.05) is 35.6 Å². The first-order valence-electron chi connectivity index (χ1n) is 10.1. The number of benzene rings is 1. The van der Waals surface area contributed by atoms with E-state index in [4.69, 9.17) is 4.52 Å². The summed E-state index contributed by atoms with van der Waals surface area (Å²) in [6.45, 7) is 7.60. The van der Waals surface area contributed by atoms with Gasteiger partial charge in [-0.25, -0.2) is 0 Å². The number of nitrogens with zero attached hydrogens (tertiary/aromatic N) is 4. The van der Waals surface area contributed by atoms with Crippen molar-refractivity contribution in [1.82, 2.24) is 19.7 Å². The first kappa shape index (κ1) is 20.7. The Labute approximate surface area is 179 Å². The average Bonchev–Trinajstić information content (AvgIpc) is 3.20. The number of hydrogen-bond donors (Lipinski definition) is 2. The number of pyridine rings is 2. The molecule has 2 N–H and O–H groups in total. The summed E-state index contributed by atoms with van der Waals surface area (Å²) in [5, 5.41) is 18.0. The molecular weight excluding hydrogens is 394 g/mol. The van der Waals surface area contributed by atoms with Gasteiger partial charge in [-0.3, -0.25) is 9.78 Å². The van der Waals surface area contributed by atoms with Gasteiger partial charge in [-0.1, -0.05) is 19.9 Å². The molecule has 3 aromatic heterocycles. The molecule has 0 aliphatic carbocycles. The van der Waals surface area contributed by atoms with Crippen molar-refractivity contribution in [2.24, 2.45) is 13.0 Å². The molecule has 160 valence electrons. The number of aryl methyl sites for hydroxylation is 3. The Bertz CT molecular complexity index is 1320. The molecule has 8 nitrogen and oxygen atoms in total. The number of aliphatic hydroxyl groups is 1. The summed E-state index contributed by atoms with van der Waals surface area (Å²) in [6, 6.07) is 9.48. The zero-order chi connectivity index (χ0) is 22.3. The predicted octanol–water partition coefficient (Wildman–Crippen LogP) is 4.03. The van der Waals surface area contributed by atoms with Crippen molar-refractivity contribution < 1.29 is 9.63 Å². The van der Waals surface area contributed by atoms with Crippen LogP contribution in [0.2, 0.25) is 0 Å². The molecule has 0 amide bonds. The number of fused-ring (bicyclic) bond motifs is 1. The van der Waals surface area contributed by atoms with E-state index in [0.717, 1.165) is 27.7 Å². The molecule has 0 saturated heterocycles. The van der Waals surface area contributed by atoms with E-state index < -0.39 is 6.10 Å². The molecule has 0 aliphatic rings. The maximum Gasteiger partial charge on any atom is 0.267 e. The summed E-state index contributed by atoms with van der Waals surface area (Å²) in [7, 11) is 1.77. The second-order valence-electron chi connectivity index (χ2n) is 8.11. The average molecular weight is 419 g/mol. The minimum absolute atomic E-state index is 0.0401. The van der Waals surface area contributed by atoms with Crippen molar-refractivity contribution in [2.75, 3.05) is 5.32 Å². The van der Waals surface area contributed by atoms with E-state index in [1.54, 1.807) is 17.8 Å². The minimum Gasteiger partial charge on any atom is -0.383 e. The summed E-state index contributed by atoms with van der Waals surface area (Å²) in [5.41, 5.74) is 4.68. The second kappa shape index (κ2) is 7.96. The Morgan fingerprint density at radius 2 is 1.90 bits per heavy atom. The first-order valence-corrected chi connectivity index (χ1v) is 10.1. The summed E-state index contributed by atoms with van der Waals surface area (Å²) < 4.78 is 6.81. The van der Waals surface area contributed by atoms with E-state index in [0.29, 0.717) is 11.3 Å². The van der Waals surface area contributed by atoms with Crippen molar-refractivity contribution in [3.05, 3.63) is 64.0 Å². The van der Waals surface area contributed by atoms with Crippen LogP contribution in [0.4, 0.5) is 11.6 Å². The number of aromatic nitrogens is 4. The third-order valence-electron chi connectivity index (χ3n) is 5.35. The third-order valence-corrected chi connectivity index (χ3v) is 5.35. The topological polar surface area (TPSA) is 106 Å². The third kappa shape index (κ3) is 3.94. The fraction of sp³-hybridized carbons (Fsp3) is 0.304. The maximum absolute atomic E-state index is 13.1. The predicted molar refractivity (Wildman–Crippen MR) is 119 cm³/mol. The zero-order valence-electron chi connectivity index (χ0n) is 18.2. The van der Waals surface area contributed by atoms with Gasteiger partial charge in [-0.15, -0.1) is 0 Å². The van der Waals surface area contributed by atoms with Crippen molar-refractivity contribution in [1.29, 1.82) is 0 Å². The Morgan fingerprint density at radius 1 is 1.13 bits per heavy atom. The highest BCUT2D eigenvalue weighted by atomic mass is 16.5. The van der Waals surface area contributed by atoms with Gasteiger partial charge in [0.1, 0.15) is 6.10 Å². The van der Waals surface area contributed by atoms with Gasteiger partial charge in [0.25, 0.3) is 17.4 Å². The molecule has 0 fully saturated rings. The molecule has 0 saturated carbocycles. The van der Waals surface area contributed by atoms with Crippen LogP contribution in [0.25, 0.3) is 22.0 Å². The van der Waals surface area contributed by atoms with Crippen LogP contribution in [0.5, 0.6) is 0 Å². The van der Waals surface area contributed by atoms with E-state index in [2.05, 4.69) is 20.4 Å². The Balaban J connectivity index is 1.73. The molecule has 4 rings (SSSR count). The lowest BCUT2D eigenvalue weighted by atomic mass is 9.99. The maximum atomic E-state index is 13.1. The molecule has 0 aliphatic heterocycles. The van der Waals surface area contributed by atoms with Crippen molar-refractivity contribution in [3.63, 3.8) is 0 Å². The van der Waals surface area contributed by atoms with Gasteiger partial charge in [-0.2, -0.15) is 4.98 Å². The smallest absolute Gasteiger partial charge is 0.267 e. The van der Waals surface area contributed by atoms with Crippen molar-refractivity contribution >= 4 is 22.5 Å². The molecular formula is C23H25N5O3. The van der Waals surface area contributed by atoms with Crippen LogP contribution in [-0.2, 0) is 7.05 Å². The molecule has 4 aromatic rings. The molecule has 0 radical (unpaired) electrons. The lowest BCUT2D eigenvalue weighted by molar-refractivity contribution is 0.0896. The van der Waals surface area contributed by atoms with Crippen LogP contribution in [0, 0.1) is 19.8 Å². The SMILES string of the molecule is Cc1cc2c(cn1)cc(-c1cc(Nc3noc([C@H](O)C(C)C)n3)ccc1C)c(=O)n2C. The molecule has 0 spiro atoms. The molecule has 0 unspecified atom stereocenters. The molecule has 1 atom stereocenters. The summed E-state index contributed by atoms with van der Waals surface area (Å²) in [4.78, 5) is 21.7. The lowest BCUT2D eigenvalue weighted by Gasteiger charge is -2.12. The van der Waals surface area contributed by atoms with Gasteiger partial charge in [0.15, 0.2) is 0 Å². The van der Waals surface area contributed by atoms with E-state index in [1.165, 1.54) is 0 Å². The lowest BCUT2D eigenvalue weighted by Crippen LogP contribution is -2.19. The first-order chi connectivity index (χ1) is 14.7. The Morgan fingerprint density at radius 3 is 2.65 bits per heavy atom. The van der Waals surface area contributed by atoms with Gasteiger partial charge < -0.3 is 19.5 Å². The van der Waals surface area contributed by atoms with Crippen LogP contribution >= 0.6 is 0 Å². The van der Waals surface area contributed by atoms with Crippen molar-refractivity contribution in [2.45, 2.75) is 33.8 Å². The Kier molecular flexibility index (Phi) is 5.32. The standard InChI is InChI=1S/C23H25N5O3/c1-12(2)20(29)21-26-23(27-31-21)25-16-7-6-13(3)17(10-16)18-9-15-11-24-14(4)8-19(15)28(5)22(18)30/h6-12,20,29H,1-5H3,(H,25,27)/t20-/m1/s1. The van der Waals surface area contributed by atoms with E-state index >= 15 is 0 Å². The number of anilines is 2. The fourth-order valence-corrected chi connectivity index (χ4v) is 3.47. The monoisotopic (exact) mass is 419 g/mol. The van der Waals surface area contributed by atoms with Gasteiger partial charge in [-0.05, 0) is 60.3 Å². The Hall–Kier alpha value is -3.52. The zero-order valence-corrected chi connectivity index (χ0v) is 18.2. The van der Waals surface area contributed by atoms with Crippen molar-refractivity contribution in [3.8, 4) is 11.1 Å². The molecule has 8 heteroatoms. The van der Waals surface area contributed by atoms with Crippen LogP contribution in [0.1, 0.15) is 37.1 Å². The number of rotatable bonds is 5. The van der Waals surface area contributed by atoms with Crippen LogP contribution in [-0.4, -0.2) is 24.8 Å². The van der Waals surface area contributed by atoms with Crippen LogP contribution in [0.15, 0.2) is 45.8 Å². The largest absolute Gasteiger partial charge is 0.383 e. The highest BCUT2D eigenvalue weighted by Crippen LogP contribution is 2.28. The summed E-state index contributed by atoms with van der Waals surface area (Å²) in [6.07, 6.45) is 0.959. The minimum atomic E-state index is -0.825. The highest BCUT2D eigenvalue weighted by molar-refractivity contribution is 5.85. The number of aliphatic hydroxyl groups excluding tert-OH is 1. The van der Waals surface area contributed by atoms with Gasteiger partial charge in [0.05, 0.1) is 5.52 Å². The summed E-state index contributed by atoms with van der Waals surface area (Å²) in [5.74, 6) is 0.369. The van der Waals surface area contributed by atoms with Crippen LogP contribution < -0.4 is 10.9 Å². The summed E-state index contributed by atoms with van der Waals surface area (Å²) >= 11 is 0. The molecule has 3 heterocycles. The fourth-order valence-electron chi connectivity index (χ4n) is 3.47. The second-order valence-corrected chi connectivity index (χ2v) is 8.11. The molecule has 1 aromatic carbocycles. The van der Waals surface area contributed by atoms with Gasteiger partial charge in [0.2, 0.25) is 0 Å².